The van der Waals surface area contributed by atoms with E-state index in [0.717, 1.165) is 23.7 Å². The zero-order valence-corrected chi connectivity index (χ0v) is 14.3. The molecule has 0 aliphatic heterocycles. The van der Waals surface area contributed by atoms with E-state index in [4.69, 9.17) is 0 Å². The highest BCUT2D eigenvalue weighted by Gasteiger charge is 2.25. The summed E-state index contributed by atoms with van der Waals surface area (Å²) in [4.78, 5) is 5.82. The van der Waals surface area contributed by atoms with E-state index in [2.05, 4.69) is 24.1 Å². The van der Waals surface area contributed by atoms with Crippen LogP contribution < -0.4 is 5.32 Å². The largest absolute Gasteiger partial charge is 0.309 e. The van der Waals surface area contributed by atoms with Gasteiger partial charge in [0.2, 0.25) is 0 Å². The third-order valence-corrected chi connectivity index (χ3v) is 6.45. The number of rotatable bonds is 7. The Balaban J connectivity index is 2.20. The zero-order chi connectivity index (χ0) is 14.9. The monoisotopic (exact) mass is 316 g/mol. The molecular weight excluding hydrogens is 292 g/mol. The lowest BCUT2D eigenvalue weighted by Crippen LogP contribution is -2.15. The van der Waals surface area contributed by atoms with Crippen molar-refractivity contribution in [1.82, 2.24) is 10.3 Å². The molecule has 1 saturated carbocycles. The van der Waals surface area contributed by atoms with Crippen molar-refractivity contribution in [3.05, 3.63) is 15.6 Å². The molecule has 1 aromatic rings. The van der Waals surface area contributed by atoms with E-state index in [0.29, 0.717) is 12.0 Å². The van der Waals surface area contributed by atoms with Gasteiger partial charge in [-0.1, -0.05) is 13.8 Å². The van der Waals surface area contributed by atoms with Crippen molar-refractivity contribution in [2.75, 3.05) is 6.26 Å². The van der Waals surface area contributed by atoms with Crippen molar-refractivity contribution in [2.24, 2.45) is 5.92 Å². The Morgan fingerprint density at radius 1 is 1.35 bits per heavy atom. The molecule has 2 rings (SSSR count). The minimum absolute atomic E-state index is 0.506. The molecular formula is C14H24N2O2S2. The van der Waals surface area contributed by atoms with Crippen LogP contribution in [0.15, 0.2) is 0 Å². The van der Waals surface area contributed by atoms with Crippen LogP contribution in [-0.2, 0) is 22.8 Å². The Hall–Kier alpha value is -0.460. The fourth-order valence-corrected chi connectivity index (χ4v) is 4.03. The van der Waals surface area contributed by atoms with Gasteiger partial charge in [0.1, 0.15) is 10.3 Å². The van der Waals surface area contributed by atoms with E-state index in [-0.39, 0.29) is 0 Å². The summed E-state index contributed by atoms with van der Waals surface area (Å²) in [6, 6.07) is 0.653. The molecule has 1 aliphatic carbocycles. The summed E-state index contributed by atoms with van der Waals surface area (Å²) in [5.41, 5.74) is 1.07. The van der Waals surface area contributed by atoms with Crippen molar-refractivity contribution in [1.29, 1.82) is 0 Å². The Morgan fingerprint density at radius 2 is 2.00 bits per heavy atom. The molecule has 6 heteroatoms. The van der Waals surface area contributed by atoms with Crippen LogP contribution in [-0.4, -0.2) is 25.7 Å². The van der Waals surface area contributed by atoms with E-state index < -0.39 is 15.1 Å². The summed E-state index contributed by atoms with van der Waals surface area (Å²) < 4.78 is 23.4. The second-order valence-corrected chi connectivity index (χ2v) is 9.63. The summed E-state index contributed by atoms with van der Waals surface area (Å²) in [6.07, 6.45) is 4.70. The molecule has 1 atom stereocenters. The van der Waals surface area contributed by atoms with Gasteiger partial charge in [-0.3, -0.25) is 0 Å². The standard InChI is InChI=1S/C14H24N2O2S2/c1-9(2)7-12-13(8-15-11-5-6-11)19-14(16-12)10(3)20(4,17)18/h9-11,15H,5-8H2,1-4H3. The molecule has 114 valence electrons. The summed E-state index contributed by atoms with van der Waals surface area (Å²) in [5.74, 6) is 0.526. The molecule has 0 bridgehead atoms. The fraction of sp³-hybridized carbons (Fsp3) is 0.786. The van der Waals surface area contributed by atoms with Crippen LogP contribution in [0.5, 0.6) is 0 Å². The second kappa shape index (κ2) is 6.12. The van der Waals surface area contributed by atoms with Gasteiger partial charge in [-0.05, 0) is 32.1 Å². The van der Waals surface area contributed by atoms with Crippen LogP contribution in [0.3, 0.4) is 0 Å². The van der Waals surface area contributed by atoms with Gasteiger partial charge in [-0.2, -0.15) is 0 Å². The molecule has 1 unspecified atom stereocenters. The lowest BCUT2D eigenvalue weighted by atomic mass is 10.1. The first-order chi connectivity index (χ1) is 9.27. The first kappa shape index (κ1) is 15.9. The van der Waals surface area contributed by atoms with Gasteiger partial charge in [0.25, 0.3) is 0 Å². The SMILES string of the molecule is CC(C)Cc1nc(C(C)S(C)(=O)=O)sc1CNC1CC1. The third kappa shape index (κ3) is 4.27. The van der Waals surface area contributed by atoms with Crippen molar-refractivity contribution < 1.29 is 8.42 Å². The van der Waals surface area contributed by atoms with Gasteiger partial charge in [-0.25, -0.2) is 13.4 Å². The van der Waals surface area contributed by atoms with Crippen molar-refractivity contribution in [3.8, 4) is 0 Å². The molecule has 1 heterocycles. The van der Waals surface area contributed by atoms with Crippen LogP contribution >= 0.6 is 11.3 Å². The lowest BCUT2D eigenvalue weighted by molar-refractivity contribution is 0.591. The van der Waals surface area contributed by atoms with Crippen molar-refractivity contribution >= 4 is 21.2 Å². The summed E-state index contributed by atoms with van der Waals surface area (Å²) in [5, 5.41) is 3.72. The molecule has 0 radical (unpaired) electrons. The fourth-order valence-electron chi connectivity index (χ4n) is 1.97. The van der Waals surface area contributed by atoms with Gasteiger partial charge >= 0.3 is 0 Å². The number of aromatic nitrogens is 1. The average Bonchev–Trinajstić information content (AvgIpc) is 3.06. The first-order valence-electron chi connectivity index (χ1n) is 7.18. The van der Waals surface area contributed by atoms with E-state index in [9.17, 15) is 8.42 Å². The summed E-state index contributed by atoms with van der Waals surface area (Å²) >= 11 is 1.55. The molecule has 1 N–H and O–H groups in total. The van der Waals surface area contributed by atoms with Crippen LogP contribution in [0.25, 0.3) is 0 Å². The van der Waals surface area contributed by atoms with E-state index in [1.165, 1.54) is 24.0 Å². The Bertz CT molecular complexity index is 560. The maximum atomic E-state index is 11.7. The predicted octanol–water partition coefficient (Wildman–Crippen LogP) is 2.70. The number of nitrogens with zero attached hydrogens (tertiary/aromatic N) is 1. The van der Waals surface area contributed by atoms with Gasteiger partial charge in [-0.15, -0.1) is 11.3 Å². The molecule has 1 aromatic heterocycles. The van der Waals surface area contributed by atoms with Crippen LogP contribution in [0.1, 0.15) is 54.4 Å². The molecule has 0 spiro atoms. The van der Waals surface area contributed by atoms with Gasteiger partial charge in [0.05, 0.1) is 5.69 Å². The lowest BCUT2D eigenvalue weighted by Gasteiger charge is -2.05. The molecule has 4 nitrogen and oxygen atoms in total. The minimum atomic E-state index is -3.08. The average molecular weight is 316 g/mol. The molecule has 20 heavy (non-hydrogen) atoms. The Labute approximate surface area is 125 Å². The number of thiazole rings is 1. The number of sulfone groups is 1. The van der Waals surface area contributed by atoms with Crippen molar-refractivity contribution in [3.63, 3.8) is 0 Å². The van der Waals surface area contributed by atoms with Gasteiger partial charge < -0.3 is 5.32 Å². The summed E-state index contributed by atoms with van der Waals surface area (Å²) in [6.45, 7) is 6.88. The topological polar surface area (TPSA) is 59.1 Å². The molecule has 0 amide bonds. The third-order valence-electron chi connectivity index (χ3n) is 3.52. The van der Waals surface area contributed by atoms with Gasteiger partial charge in [0.15, 0.2) is 9.84 Å². The van der Waals surface area contributed by atoms with Crippen LogP contribution in [0.4, 0.5) is 0 Å². The number of nitrogens with one attached hydrogen (secondary N) is 1. The normalized spacial score (nSPS) is 17.6. The maximum absolute atomic E-state index is 11.7. The second-order valence-electron chi connectivity index (χ2n) is 6.15. The number of hydrogen-bond acceptors (Lipinski definition) is 5. The summed E-state index contributed by atoms with van der Waals surface area (Å²) in [7, 11) is -3.08. The van der Waals surface area contributed by atoms with E-state index in [1.54, 1.807) is 18.3 Å². The Kier molecular flexibility index (Phi) is 4.87. The number of hydrogen-bond donors (Lipinski definition) is 1. The highest BCUT2D eigenvalue weighted by atomic mass is 32.2. The van der Waals surface area contributed by atoms with Crippen LogP contribution in [0, 0.1) is 5.92 Å². The maximum Gasteiger partial charge on any atom is 0.156 e. The molecule has 0 aromatic carbocycles. The highest BCUT2D eigenvalue weighted by molar-refractivity contribution is 7.91. The van der Waals surface area contributed by atoms with E-state index >= 15 is 0 Å². The van der Waals surface area contributed by atoms with Gasteiger partial charge in [0, 0.05) is 23.7 Å². The highest BCUT2D eigenvalue weighted by Crippen LogP contribution is 2.30. The van der Waals surface area contributed by atoms with Crippen LogP contribution in [0.2, 0.25) is 0 Å². The smallest absolute Gasteiger partial charge is 0.156 e. The predicted molar refractivity (Wildman–Crippen MR) is 83.8 cm³/mol. The quantitative estimate of drug-likeness (QED) is 0.840. The zero-order valence-electron chi connectivity index (χ0n) is 12.6. The Morgan fingerprint density at radius 3 is 2.50 bits per heavy atom. The molecule has 1 fully saturated rings. The van der Waals surface area contributed by atoms with E-state index in [1.807, 2.05) is 0 Å². The minimum Gasteiger partial charge on any atom is -0.309 e. The first-order valence-corrected chi connectivity index (χ1v) is 9.95. The van der Waals surface area contributed by atoms with Crippen molar-refractivity contribution in [2.45, 2.75) is 57.9 Å². The molecule has 0 saturated heterocycles. The molecule has 1 aliphatic rings.